The molecule has 0 spiro atoms. The second kappa shape index (κ2) is 8.64. The molecule has 0 unspecified atom stereocenters. The number of rotatable bonds is 5. The highest BCUT2D eigenvalue weighted by Gasteiger charge is 2.27. The average Bonchev–Trinajstić information content (AvgIpc) is 3.38. The zero-order chi connectivity index (χ0) is 19.5. The van der Waals surface area contributed by atoms with Crippen molar-refractivity contribution in [2.45, 2.75) is 57.3 Å². The highest BCUT2D eigenvalue weighted by atomic mass is 32.1. The van der Waals surface area contributed by atoms with Crippen LogP contribution in [0.2, 0.25) is 0 Å². The SMILES string of the molecule is O=C(CCC1CCCC1)N1CCC(c2nnc(-c3ccc(F)cc3F)s2)CC1. The molecule has 4 nitrogen and oxygen atoms in total. The second-order valence-corrected chi connectivity index (χ2v) is 8.92. The van der Waals surface area contributed by atoms with Gasteiger partial charge in [0.1, 0.15) is 16.6 Å². The Balaban J connectivity index is 1.31. The lowest BCUT2D eigenvalue weighted by molar-refractivity contribution is -0.132. The van der Waals surface area contributed by atoms with Gasteiger partial charge >= 0.3 is 0 Å². The van der Waals surface area contributed by atoms with E-state index in [-0.39, 0.29) is 17.4 Å². The standard InChI is InChI=1S/C21H25F2N3OS/c22-16-6-7-17(18(23)13-16)21-25-24-20(28-21)15-9-11-26(12-10-15)19(27)8-5-14-3-1-2-4-14/h6-7,13-15H,1-5,8-12H2. The highest BCUT2D eigenvalue weighted by Crippen LogP contribution is 2.35. The Morgan fingerprint density at radius 3 is 2.57 bits per heavy atom. The molecule has 1 aromatic heterocycles. The Labute approximate surface area is 168 Å². The third-order valence-electron chi connectivity index (χ3n) is 6.04. The van der Waals surface area contributed by atoms with Crippen molar-refractivity contribution in [1.29, 1.82) is 0 Å². The molecule has 2 aromatic rings. The van der Waals surface area contributed by atoms with Crippen LogP contribution in [0.5, 0.6) is 0 Å². The van der Waals surface area contributed by atoms with Gasteiger partial charge < -0.3 is 4.90 Å². The highest BCUT2D eigenvalue weighted by molar-refractivity contribution is 7.14. The summed E-state index contributed by atoms with van der Waals surface area (Å²) in [5, 5.41) is 9.69. The molecule has 0 atom stereocenters. The lowest BCUT2D eigenvalue weighted by atomic mass is 9.96. The van der Waals surface area contributed by atoms with Crippen molar-refractivity contribution in [1.82, 2.24) is 15.1 Å². The summed E-state index contributed by atoms with van der Waals surface area (Å²) in [6, 6.07) is 3.50. The summed E-state index contributed by atoms with van der Waals surface area (Å²) in [4.78, 5) is 14.5. The summed E-state index contributed by atoms with van der Waals surface area (Å²) in [5.74, 6) is 0.0415. The van der Waals surface area contributed by atoms with Gasteiger partial charge in [-0.25, -0.2) is 8.78 Å². The van der Waals surface area contributed by atoms with Crippen molar-refractivity contribution >= 4 is 17.2 Å². The van der Waals surface area contributed by atoms with Crippen molar-refractivity contribution in [2.24, 2.45) is 5.92 Å². The number of carbonyl (C=O) groups is 1. The maximum atomic E-state index is 14.0. The molecule has 1 aliphatic carbocycles. The van der Waals surface area contributed by atoms with Crippen LogP contribution in [0.1, 0.15) is 62.3 Å². The van der Waals surface area contributed by atoms with E-state index in [4.69, 9.17) is 0 Å². The molecule has 1 saturated heterocycles. The molecule has 0 N–H and O–H groups in total. The summed E-state index contributed by atoms with van der Waals surface area (Å²) in [7, 11) is 0. The average molecular weight is 406 g/mol. The van der Waals surface area contributed by atoms with Crippen LogP contribution in [0.25, 0.3) is 10.6 Å². The number of hydrogen-bond acceptors (Lipinski definition) is 4. The molecular formula is C21H25F2N3OS. The predicted molar refractivity (Wildman–Crippen MR) is 105 cm³/mol. The van der Waals surface area contributed by atoms with Crippen molar-refractivity contribution < 1.29 is 13.6 Å². The Hall–Kier alpha value is -1.89. The minimum Gasteiger partial charge on any atom is -0.343 e. The molecule has 1 amide bonds. The molecule has 1 saturated carbocycles. The summed E-state index contributed by atoms with van der Waals surface area (Å²) >= 11 is 1.36. The molecule has 150 valence electrons. The lowest BCUT2D eigenvalue weighted by Crippen LogP contribution is -2.37. The molecule has 1 aliphatic heterocycles. The first-order valence-electron chi connectivity index (χ1n) is 10.2. The third kappa shape index (κ3) is 4.40. The van der Waals surface area contributed by atoms with Crippen molar-refractivity contribution in [3.05, 3.63) is 34.8 Å². The lowest BCUT2D eigenvalue weighted by Gasteiger charge is -2.31. The van der Waals surface area contributed by atoms with Crippen LogP contribution in [0.3, 0.4) is 0 Å². The first-order valence-corrected chi connectivity index (χ1v) is 11.0. The van der Waals surface area contributed by atoms with Crippen molar-refractivity contribution in [3.63, 3.8) is 0 Å². The molecule has 1 aromatic carbocycles. The number of nitrogens with zero attached hydrogens (tertiary/aromatic N) is 3. The number of halogens is 2. The first kappa shape index (κ1) is 19.4. The minimum atomic E-state index is -0.620. The van der Waals surface area contributed by atoms with E-state index in [9.17, 15) is 13.6 Å². The zero-order valence-corrected chi connectivity index (χ0v) is 16.7. The van der Waals surface area contributed by atoms with Gasteiger partial charge in [0.25, 0.3) is 0 Å². The number of aromatic nitrogens is 2. The van der Waals surface area contributed by atoms with Crippen molar-refractivity contribution in [2.75, 3.05) is 13.1 Å². The largest absolute Gasteiger partial charge is 0.343 e. The van der Waals surface area contributed by atoms with Crippen LogP contribution >= 0.6 is 11.3 Å². The Morgan fingerprint density at radius 1 is 1.11 bits per heavy atom. The van der Waals surface area contributed by atoms with Gasteiger partial charge in [-0.2, -0.15) is 0 Å². The number of benzene rings is 1. The van der Waals surface area contributed by atoms with Crippen LogP contribution in [0, 0.1) is 17.6 Å². The Kier molecular flexibility index (Phi) is 5.99. The fourth-order valence-corrected chi connectivity index (χ4v) is 5.37. The first-order chi connectivity index (χ1) is 13.6. The normalized spacial score (nSPS) is 18.7. The maximum Gasteiger partial charge on any atom is 0.222 e. The van der Waals surface area contributed by atoms with Crippen LogP contribution in [0.15, 0.2) is 18.2 Å². The summed E-state index contributed by atoms with van der Waals surface area (Å²) in [6.45, 7) is 1.49. The molecule has 2 fully saturated rings. The monoisotopic (exact) mass is 405 g/mol. The summed E-state index contributed by atoms with van der Waals surface area (Å²) in [5.41, 5.74) is 0.282. The molecular weight excluding hydrogens is 380 g/mol. The Morgan fingerprint density at radius 2 is 1.86 bits per heavy atom. The zero-order valence-electron chi connectivity index (χ0n) is 15.9. The van der Waals surface area contributed by atoms with Gasteiger partial charge in [-0.3, -0.25) is 4.79 Å². The number of hydrogen-bond donors (Lipinski definition) is 0. The number of piperidine rings is 1. The maximum absolute atomic E-state index is 14.0. The number of carbonyl (C=O) groups excluding carboxylic acids is 1. The predicted octanol–water partition coefficient (Wildman–Crippen LogP) is 5.16. The molecule has 2 heterocycles. The van der Waals surface area contributed by atoms with Gasteiger partial charge in [-0.05, 0) is 37.3 Å². The van der Waals surface area contributed by atoms with Gasteiger partial charge in [0.2, 0.25) is 5.91 Å². The molecule has 2 aliphatic rings. The smallest absolute Gasteiger partial charge is 0.222 e. The van der Waals surface area contributed by atoms with Crippen LogP contribution in [0.4, 0.5) is 8.78 Å². The molecule has 0 radical (unpaired) electrons. The van der Waals surface area contributed by atoms with E-state index in [1.54, 1.807) is 0 Å². The van der Waals surface area contributed by atoms with E-state index in [0.717, 1.165) is 49.3 Å². The van der Waals surface area contributed by atoms with Crippen LogP contribution in [-0.2, 0) is 4.79 Å². The van der Waals surface area contributed by atoms with E-state index in [0.29, 0.717) is 11.4 Å². The molecule has 28 heavy (non-hydrogen) atoms. The van der Waals surface area contributed by atoms with Crippen molar-refractivity contribution in [3.8, 4) is 10.6 Å². The van der Waals surface area contributed by atoms with Gasteiger partial charge in [-0.1, -0.05) is 37.0 Å². The van der Waals surface area contributed by atoms with Crippen LogP contribution in [-0.4, -0.2) is 34.1 Å². The van der Waals surface area contributed by atoms with E-state index in [2.05, 4.69) is 10.2 Å². The minimum absolute atomic E-state index is 0.244. The molecule has 4 rings (SSSR count). The van der Waals surface area contributed by atoms with Gasteiger partial charge in [0.05, 0.1) is 0 Å². The second-order valence-electron chi connectivity index (χ2n) is 7.91. The van der Waals surface area contributed by atoms with E-state index < -0.39 is 11.6 Å². The van der Waals surface area contributed by atoms with E-state index >= 15 is 0 Å². The molecule has 0 bridgehead atoms. The fourth-order valence-electron chi connectivity index (χ4n) is 4.33. The quantitative estimate of drug-likeness (QED) is 0.690. The van der Waals surface area contributed by atoms with Gasteiger partial charge in [-0.15, -0.1) is 10.2 Å². The van der Waals surface area contributed by atoms with Crippen LogP contribution < -0.4 is 0 Å². The van der Waals surface area contributed by atoms with E-state index in [1.165, 1.54) is 49.2 Å². The Bertz CT molecular complexity index is 827. The third-order valence-corrected chi connectivity index (χ3v) is 7.16. The fraction of sp³-hybridized carbons (Fsp3) is 0.571. The topological polar surface area (TPSA) is 46.1 Å². The van der Waals surface area contributed by atoms with Gasteiger partial charge in [0, 0.05) is 37.1 Å². The number of likely N-dealkylation sites (tertiary alicyclic amines) is 1. The number of amides is 1. The summed E-state index contributed by atoms with van der Waals surface area (Å²) < 4.78 is 27.1. The van der Waals surface area contributed by atoms with E-state index in [1.807, 2.05) is 4.90 Å². The summed E-state index contributed by atoms with van der Waals surface area (Å²) in [6.07, 6.45) is 8.61. The molecule has 7 heteroatoms. The van der Waals surface area contributed by atoms with Gasteiger partial charge in [0.15, 0.2) is 5.01 Å².